The molecule has 0 spiro atoms. The molecule has 0 aliphatic carbocycles. The average Bonchev–Trinajstić information content (AvgIpc) is 1.89. The number of unbranched alkanes of at least 4 members (excludes halogenated alkanes) is 1. The van der Waals surface area contributed by atoms with Crippen molar-refractivity contribution in [2.75, 3.05) is 6.61 Å². The standard InChI is InChI=1S/C8H18O/c1-3-8(2)6-4-5-7-9/h8-9H,3-7H2,1-2H3/t8-/m0/s1. The first-order valence-corrected chi connectivity index (χ1v) is 3.92. The van der Waals surface area contributed by atoms with Crippen molar-refractivity contribution in [3.63, 3.8) is 0 Å². The lowest BCUT2D eigenvalue weighted by Gasteiger charge is -2.05. The zero-order valence-electron chi connectivity index (χ0n) is 6.56. The van der Waals surface area contributed by atoms with Gasteiger partial charge in [-0.2, -0.15) is 0 Å². The van der Waals surface area contributed by atoms with E-state index in [0.29, 0.717) is 6.61 Å². The molecule has 0 heterocycles. The van der Waals surface area contributed by atoms with Crippen LogP contribution in [0.1, 0.15) is 39.5 Å². The van der Waals surface area contributed by atoms with Crippen molar-refractivity contribution in [3.8, 4) is 0 Å². The SMILES string of the molecule is CC[C@H](C)CCCCO. The van der Waals surface area contributed by atoms with Gasteiger partial charge in [0.25, 0.3) is 0 Å². The topological polar surface area (TPSA) is 20.2 Å². The zero-order valence-corrected chi connectivity index (χ0v) is 6.56. The van der Waals surface area contributed by atoms with Crippen LogP contribution in [0.3, 0.4) is 0 Å². The molecule has 0 aliphatic heterocycles. The second kappa shape index (κ2) is 6.09. The van der Waals surface area contributed by atoms with Crippen molar-refractivity contribution >= 4 is 0 Å². The van der Waals surface area contributed by atoms with Gasteiger partial charge < -0.3 is 5.11 Å². The van der Waals surface area contributed by atoms with E-state index in [4.69, 9.17) is 5.11 Å². The summed E-state index contributed by atoms with van der Waals surface area (Å²) in [5, 5.41) is 8.45. The van der Waals surface area contributed by atoms with Gasteiger partial charge in [0.1, 0.15) is 0 Å². The second-order valence-corrected chi connectivity index (χ2v) is 2.73. The first-order valence-electron chi connectivity index (χ1n) is 3.92. The minimum atomic E-state index is 0.358. The van der Waals surface area contributed by atoms with Gasteiger partial charge in [-0.15, -0.1) is 0 Å². The molecular formula is C8H18O. The first kappa shape index (κ1) is 8.96. The molecule has 1 atom stereocenters. The smallest absolute Gasteiger partial charge is 0.0431 e. The van der Waals surface area contributed by atoms with Crippen LogP contribution in [0.4, 0.5) is 0 Å². The van der Waals surface area contributed by atoms with Gasteiger partial charge in [0.05, 0.1) is 0 Å². The van der Waals surface area contributed by atoms with Crippen LogP contribution in [0, 0.1) is 5.92 Å². The molecule has 56 valence electrons. The molecule has 0 aromatic heterocycles. The maximum absolute atomic E-state index is 8.45. The lowest BCUT2D eigenvalue weighted by Crippen LogP contribution is -1.92. The number of hydrogen-bond acceptors (Lipinski definition) is 1. The molecule has 0 bridgehead atoms. The van der Waals surface area contributed by atoms with Crippen LogP contribution < -0.4 is 0 Å². The predicted molar refractivity (Wildman–Crippen MR) is 40.4 cm³/mol. The van der Waals surface area contributed by atoms with Crippen LogP contribution in [0.2, 0.25) is 0 Å². The molecule has 9 heavy (non-hydrogen) atoms. The van der Waals surface area contributed by atoms with Crippen molar-refractivity contribution < 1.29 is 5.11 Å². The van der Waals surface area contributed by atoms with Crippen LogP contribution in [0.15, 0.2) is 0 Å². The van der Waals surface area contributed by atoms with Crippen molar-refractivity contribution in [1.29, 1.82) is 0 Å². The summed E-state index contributed by atoms with van der Waals surface area (Å²) >= 11 is 0. The molecule has 1 nitrogen and oxygen atoms in total. The molecule has 0 radical (unpaired) electrons. The Kier molecular flexibility index (Phi) is 6.06. The summed E-state index contributed by atoms with van der Waals surface area (Å²) in [6, 6.07) is 0. The van der Waals surface area contributed by atoms with E-state index in [2.05, 4.69) is 13.8 Å². The summed E-state index contributed by atoms with van der Waals surface area (Å²) in [5.74, 6) is 0.844. The van der Waals surface area contributed by atoms with Gasteiger partial charge in [-0.05, 0) is 12.3 Å². The van der Waals surface area contributed by atoms with Gasteiger partial charge in [0.2, 0.25) is 0 Å². The van der Waals surface area contributed by atoms with Gasteiger partial charge in [-0.25, -0.2) is 0 Å². The molecule has 0 amide bonds. The third kappa shape index (κ3) is 5.84. The summed E-state index contributed by atoms with van der Waals surface area (Å²) in [7, 11) is 0. The van der Waals surface area contributed by atoms with E-state index in [-0.39, 0.29) is 0 Å². The molecule has 0 saturated heterocycles. The van der Waals surface area contributed by atoms with Crippen molar-refractivity contribution in [1.82, 2.24) is 0 Å². The second-order valence-electron chi connectivity index (χ2n) is 2.73. The molecule has 0 fully saturated rings. The summed E-state index contributed by atoms with van der Waals surface area (Å²) in [6.07, 6.45) is 4.71. The highest BCUT2D eigenvalue weighted by Crippen LogP contribution is 2.09. The Morgan fingerprint density at radius 3 is 2.44 bits per heavy atom. The zero-order chi connectivity index (χ0) is 7.11. The average molecular weight is 130 g/mol. The fourth-order valence-electron chi connectivity index (χ4n) is 0.809. The van der Waals surface area contributed by atoms with Gasteiger partial charge in [0, 0.05) is 6.61 Å². The highest BCUT2D eigenvalue weighted by atomic mass is 16.2. The maximum Gasteiger partial charge on any atom is 0.0431 e. The number of aliphatic hydroxyl groups is 1. The van der Waals surface area contributed by atoms with E-state index in [0.717, 1.165) is 12.3 Å². The van der Waals surface area contributed by atoms with E-state index < -0.39 is 0 Å². The Balaban J connectivity index is 2.88. The van der Waals surface area contributed by atoms with Crippen LogP contribution in [0.25, 0.3) is 0 Å². The minimum absolute atomic E-state index is 0.358. The molecule has 0 unspecified atom stereocenters. The highest BCUT2D eigenvalue weighted by Gasteiger charge is 1.96. The molecule has 0 aromatic carbocycles. The maximum atomic E-state index is 8.45. The Bertz CT molecular complexity index is 52.5. The Labute approximate surface area is 58.1 Å². The summed E-state index contributed by atoms with van der Waals surface area (Å²) in [5.41, 5.74) is 0. The molecule has 0 saturated carbocycles. The van der Waals surface area contributed by atoms with Crippen LogP contribution >= 0.6 is 0 Å². The molecular weight excluding hydrogens is 112 g/mol. The number of aliphatic hydroxyl groups excluding tert-OH is 1. The molecule has 1 N–H and O–H groups in total. The fraction of sp³-hybridized carbons (Fsp3) is 1.00. The summed E-state index contributed by atoms with van der Waals surface area (Å²) in [4.78, 5) is 0. The van der Waals surface area contributed by atoms with E-state index >= 15 is 0 Å². The summed E-state index contributed by atoms with van der Waals surface area (Å²) in [6.45, 7) is 4.83. The van der Waals surface area contributed by atoms with Crippen LogP contribution in [0.5, 0.6) is 0 Å². The minimum Gasteiger partial charge on any atom is -0.396 e. The first-order chi connectivity index (χ1) is 4.31. The van der Waals surface area contributed by atoms with E-state index in [1.807, 2.05) is 0 Å². The normalized spacial score (nSPS) is 13.7. The monoisotopic (exact) mass is 130 g/mol. The molecule has 0 rings (SSSR count). The third-order valence-corrected chi connectivity index (χ3v) is 1.80. The summed E-state index contributed by atoms with van der Waals surface area (Å²) < 4.78 is 0. The lowest BCUT2D eigenvalue weighted by molar-refractivity contribution is 0.278. The van der Waals surface area contributed by atoms with Crippen molar-refractivity contribution in [3.05, 3.63) is 0 Å². The Morgan fingerprint density at radius 1 is 1.33 bits per heavy atom. The molecule has 0 aromatic rings. The van der Waals surface area contributed by atoms with Gasteiger partial charge in [-0.1, -0.05) is 33.1 Å². The van der Waals surface area contributed by atoms with Crippen LogP contribution in [-0.4, -0.2) is 11.7 Å². The van der Waals surface area contributed by atoms with E-state index in [9.17, 15) is 0 Å². The fourth-order valence-corrected chi connectivity index (χ4v) is 0.809. The van der Waals surface area contributed by atoms with Crippen molar-refractivity contribution in [2.24, 2.45) is 5.92 Å². The van der Waals surface area contributed by atoms with Gasteiger partial charge in [0.15, 0.2) is 0 Å². The van der Waals surface area contributed by atoms with Gasteiger partial charge >= 0.3 is 0 Å². The largest absolute Gasteiger partial charge is 0.396 e. The third-order valence-electron chi connectivity index (χ3n) is 1.80. The van der Waals surface area contributed by atoms with Gasteiger partial charge in [-0.3, -0.25) is 0 Å². The van der Waals surface area contributed by atoms with Crippen molar-refractivity contribution in [2.45, 2.75) is 39.5 Å². The number of rotatable bonds is 5. The quantitative estimate of drug-likeness (QED) is 0.566. The molecule has 1 heteroatoms. The Hall–Kier alpha value is -0.0400. The highest BCUT2D eigenvalue weighted by molar-refractivity contribution is 4.49. The Morgan fingerprint density at radius 2 is 2.00 bits per heavy atom. The van der Waals surface area contributed by atoms with Crippen LogP contribution in [-0.2, 0) is 0 Å². The lowest BCUT2D eigenvalue weighted by atomic mass is 10.0. The number of hydrogen-bond donors (Lipinski definition) is 1. The van der Waals surface area contributed by atoms with E-state index in [1.54, 1.807) is 0 Å². The molecule has 0 aliphatic rings. The van der Waals surface area contributed by atoms with E-state index in [1.165, 1.54) is 19.3 Å². The predicted octanol–water partition coefficient (Wildman–Crippen LogP) is 2.20.